The third-order valence-corrected chi connectivity index (χ3v) is 3.73. The van der Waals surface area contributed by atoms with Crippen molar-refractivity contribution in [2.45, 2.75) is 6.04 Å². The molecule has 0 aliphatic carbocycles. The summed E-state index contributed by atoms with van der Waals surface area (Å²) in [5.41, 5.74) is 7.49. The van der Waals surface area contributed by atoms with Crippen LogP contribution < -0.4 is 11.1 Å². The van der Waals surface area contributed by atoms with Crippen LogP contribution in [0.2, 0.25) is 5.02 Å². The van der Waals surface area contributed by atoms with Crippen LogP contribution in [-0.4, -0.2) is 6.54 Å². The van der Waals surface area contributed by atoms with E-state index in [4.69, 9.17) is 17.3 Å². The fourth-order valence-corrected chi connectivity index (χ4v) is 2.45. The molecular formula is C14H13BrClFN2. The Morgan fingerprint density at radius 2 is 2.00 bits per heavy atom. The molecule has 1 atom stereocenters. The normalized spacial score (nSPS) is 12.2. The molecule has 0 fully saturated rings. The third kappa shape index (κ3) is 3.47. The summed E-state index contributed by atoms with van der Waals surface area (Å²) in [5.74, 6) is -0.299. The predicted octanol–water partition coefficient (Wildman–Crippen LogP) is 4.35. The second kappa shape index (κ2) is 6.37. The molecule has 2 aromatic rings. The van der Waals surface area contributed by atoms with E-state index in [1.54, 1.807) is 12.1 Å². The molecule has 100 valence electrons. The summed E-state index contributed by atoms with van der Waals surface area (Å²) < 4.78 is 13.6. The number of nitrogens with one attached hydrogen (secondary N) is 1. The van der Waals surface area contributed by atoms with Crippen molar-refractivity contribution in [3.05, 3.63) is 63.3 Å². The maximum absolute atomic E-state index is 13.2. The van der Waals surface area contributed by atoms with Gasteiger partial charge in [0.05, 0.1) is 10.5 Å². The summed E-state index contributed by atoms with van der Waals surface area (Å²) in [7, 11) is 0. The Kier molecular flexibility index (Phi) is 4.80. The largest absolute Gasteiger partial charge is 0.377 e. The van der Waals surface area contributed by atoms with Gasteiger partial charge in [0.1, 0.15) is 5.82 Å². The molecule has 1 unspecified atom stereocenters. The topological polar surface area (TPSA) is 38.0 Å². The van der Waals surface area contributed by atoms with Gasteiger partial charge in [0.15, 0.2) is 0 Å². The third-order valence-electron chi connectivity index (χ3n) is 2.78. The molecule has 0 amide bonds. The summed E-state index contributed by atoms with van der Waals surface area (Å²) in [6, 6.07) is 12.1. The number of benzene rings is 2. The molecule has 0 bridgehead atoms. The van der Waals surface area contributed by atoms with Gasteiger partial charge >= 0.3 is 0 Å². The molecule has 0 saturated heterocycles. The summed E-state index contributed by atoms with van der Waals surface area (Å²) >= 11 is 9.31. The van der Waals surface area contributed by atoms with Gasteiger partial charge in [-0.15, -0.1) is 0 Å². The van der Waals surface area contributed by atoms with Crippen LogP contribution in [0.4, 0.5) is 10.1 Å². The highest BCUT2D eigenvalue weighted by molar-refractivity contribution is 9.10. The van der Waals surface area contributed by atoms with Gasteiger partial charge in [0, 0.05) is 17.3 Å². The quantitative estimate of drug-likeness (QED) is 0.866. The first kappa shape index (κ1) is 14.3. The Hall–Kier alpha value is -1.10. The molecule has 0 spiro atoms. The van der Waals surface area contributed by atoms with Crippen LogP contribution in [0.5, 0.6) is 0 Å². The average molecular weight is 344 g/mol. The van der Waals surface area contributed by atoms with Crippen molar-refractivity contribution in [2.75, 3.05) is 11.9 Å². The molecule has 2 aromatic carbocycles. The average Bonchev–Trinajstić information content (AvgIpc) is 2.41. The Morgan fingerprint density at radius 1 is 1.26 bits per heavy atom. The molecule has 3 N–H and O–H groups in total. The number of hydrogen-bond acceptors (Lipinski definition) is 2. The SMILES string of the molecule is NCC(Nc1ccc(F)c(Br)c1)c1ccccc1Cl. The van der Waals surface area contributed by atoms with E-state index >= 15 is 0 Å². The summed E-state index contributed by atoms with van der Waals surface area (Å²) in [6.07, 6.45) is 0. The van der Waals surface area contributed by atoms with E-state index < -0.39 is 0 Å². The van der Waals surface area contributed by atoms with Gasteiger partial charge < -0.3 is 11.1 Å². The first-order valence-corrected chi connectivity index (χ1v) is 6.95. The van der Waals surface area contributed by atoms with Gasteiger partial charge in [-0.25, -0.2) is 4.39 Å². The van der Waals surface area contributed by atoms with Crippen molar-refractivity contribution in [3.63, 3.8) is 0 Å². The van der Waals surface area contributed by atoms with Crippen LogP contribution in [0.15, 0.2) is 46.9 Å². The van der Waals surface area contributed by atoms with Gasteiger partial charge in [0.25, 0.3) is 0 Å². The second-order valence-electron chi connectivity index (χ2n) is 4.08. The minimum absolute atomic E-state index is 0.119. The van der Waals surface area contributed by atoms with E-state index in [1.165, 1.54) is 6.07 Å². The first-order valence-electron chi connectivity index (χ1n) is 5.78. The predicted molar refractivity (Wildman–Crippen MR) is 81.0 cm³/mol. The zero-order valence-electron chi connectivity index (χ0n) is 10.0. The molecule has 0 saturated carbocycles. The highest BCUT2D eigenvalue weighted by Crippen LogP contribution is 2.27. The zero-order chi connectivity index (χ0) is 13.8. The minimum atomic E-state index is -0.299. The number of nitrogens with two attached hydrogens (primary N) is 1. The van der Waals surface area contributed by atoms with Crippen molar-refractivity contribution in [1.82, 2.24) is 0 Å². The highest BCUT2D eigenvalue weighted by Gasteiger charge is 2.13. The van der Waals surface area contributed by atoms with Crippen LogP contribution in [0, 0.1) is 5.82 Å². The Morgan fingerprint density at radius 3 is 2.63 bits per heavy atom. The minimum Gasteiger partial charge on any atom is -0.377 e. The molecule has 0 aliphatic heterocycles. The zero-order valence-corrected chi connectivity index (χ0v) is 12.4. The lowest BCUT2D eigenvalue weighted by molar-refractivity contribution is 0.621. The number of anilines is 1. The standard InChI is InChI=1S/C14H13BrClFN2/c15-11-7-9(5-6-13(11)17)19-14(8-18)10-3-1-2-4-12(10)16/h1-7,14,19H,8,18H2. The summed E-state index contributed by atoms with van der Waals surface area (Å²) in [6.45, 7) is 0.388. The number of rotatable bonds is 4. The van der Waals surface area contributed by atoms with Crippen LogP contribution in [0.1, 0.15) is 11.6 Å². The van der Waals surface area contributed by atoms with Crippen molar-refractivity contribution in [1.29, 1.82) is 0 Å². The van der Waals surface area contributed by atoms with E-state index in [1.807, 2.05) is 24.3 Å². The van der Waals surface area contributed by atoms with Crippen LogP contribution in [0.3, 0.4) is 0 Å². The van der Waals surface area contributed by atoms with Gasteiger partial charge in [-0.05, 0) is 45.8 Å². The van der Waals surface area contributed by atoms with Crippen molar-refractivity contribution < 1.29 is 4.39 Å². The van der Waals surface area contributed by atoms with Crippen LogP contribution >= 0.6 is 27.5 Å². The maximum atomic E-state index is 13.2. The van der Waals surface area contributed by atoms with E-state index in [9.17, 15) is 4.39 Å². The molecule has 0 aliphatic rings. The van der Waals surface area contributed by atoms with Crippen molar-refractivity contribution >= 4 is 33.2 Å². The molecular weight excluding hydrogens is 331 g/mol. The highest BCUT2D eigenvalue weighted by atomic mass is 79.9. The summed E-state index contributed by atoms with van der Waals surface area (Å²) in [4.78, 5) is 0. The van der Waals surface area contributed by atoms with E-state index in [0.29, 0.717) is 16.0 Å². The number of hydrogen-bond donors (Lipinski definition) is 2. The van der Waals surface area contributed by atoms with Crippen molar-refractivity contribution in [2.24, 2.45) is 5.73 Å². The Bertz CT molecular complexity index is 577. The fraction of sp³-hybridized carbons (Fsp3) is 0.143. The van der Waals surface area contributed by atoms with E-state index in [2.05, 4.69) is 21.2 Å². The molecule has 2 rings (SSSR count). The van der Waals surface area contributed by atoms with E-state index in [-0.39, 0.29) is 11.9 Å². The Labute approximate surface area is 124 Å². The van der Waals surface area contributed by atoms with Gasteiger partial charge in [-0.2, -0.15) is 0 Å². The lowest BCUT2D eigenvalue weighted by Crippen LogP contribution is -2.20. The van der Waals surface area contributed by atoms with E-state index in [0.717, 1.165) is 11.3 Å². The second-order valence-corrected chi connectivity index (χ2v) is 5.34. The molecule has 5 heteroatoms. The molecule has 19 heavy (non-hydrogen) atoms. The van der Waals surface area contributed by atoms with Crippen LogP contribution in [0.25, 0.3) is 0 Å². The Balaban J connectivity index is 2.24. The van der Waals surface area contributed by atoms with Gasteiger partial charge in [-0.3, -0.25) is 0 Å². The molecule has 0 heterocycles. The molecule has 2 nitrogen and oxygen atoms in total. The van der Waals surface area contributed by atoms with Crippen molar-refractivity contribution in [3.8, 4) is 0 Å². The maximum Gasteiger partial charge on any atom is 0.137 e. The molecule has 0 aromatic heterocycles. The summed E-state index contributed by atoms with van der Waals surface area (Å²) in [5, 5.41) is 3.91. The lowest BCUT2D eigenvalue weighted by atomic mass is 10.1. The first-order chi connectivity index (χ1) is 9.11. The van der Waals surface area contributed by atoms with Gasteiger partial charge in [-0.1, -0.05) is 29.8 Å². The smallest absolute Gasteiger partial charge is 0.137 e. The fourth-order valence-electron chi connectivity index (χ4n) is 1.81. The van der Waals surface area contributed by atoms with Crippen LogP contribution in [-0.2, 0) is 0 Å². The molecule has 0 radical (unpaired) electrons. The monoisotopic (exact) mass is 342 g/mol. The number of halogens is 3. The lowest BCUT2D eigenvalue weighted by Gasteiger charge is -2.20. The van der Waals surface area contributed by atoms with Gasteiger partial charge in [0.2, 0.25) is 0 Å².